The third-order valence-corrected chi connectivity index (χ3v) is 4.43. The summed E-state index contributed by atoms with van der Waals surface area (Å²) in [5.74, 6) is -0.322. The molecule has 1 aliphatic rings. The summed E-state index contributed by atoms with van der Waals surface area (Å²) in [5, 5.41) is 2.63. The molecule has 138 valence electrons. The molecule has 0 aromatic carbocycles. The number of esters is 1. The van der Waals surface area contributed by atoms with E-state index in [2.05, 4.69) is 24.4 Å². The molecule has 1 saturated heterocycles. The first-order valence-electron chi connectivity index (χ1n) is 9.85. The van der Waals surface area contributed by atoms with E-state index in [9.17, 15) is 9.59 Å². The van der Waals surface area contributed by atoms with Crippen molar-refractivity contribution in [3.8, 4) is 0 Å². The molecule has 1 amide bonds. The number of carbonyl (C=O) groups is 2. The van der Waals surface area contributed by atoms with Gasteiger partial charge in [-0.05, 0) is 38.5 Å². The van der Waals surface area contributed by atoms with Gasteiger partial charge in [-0.2, -0.15) is 0 Å². The van der Waals surface area contributed by atoms with Crippen molar-refractivity contribution in [2.45, 2.75) is 96.4 Å². The van der Waals surface area contributed by atoms with Crippen LogP contribution in [0.2, 0.25) is 0 Å². The molecule has 1 atom stereocenters. The van der Waals surface area contributed by atoms with Gasteiger partial charge in [0.25, 0.3) is 0 Å². The van der Waals surface area contributed by atoms with E-state index in [0.29, 0.717) is 19.4 Å². The Morgan fingerprint density at radius 3 is 2.29 bits per heavy atom. The van der Waals surface area contributed by atoms with Gasteiger partial charge in [-0.3, -0.25) is 4.79 Å². The van der Waals surface area contributed by atoms with Gasteiger partial charge in [0.05, 0.1) is 6.61 Å². The van der Waals surface area contributed by atoms with Gasteiger partial charge in [0.1, 0.15) is 6.04 Å². The molecule has 4 nitrogen and oxygen atoms in total. The lowest BCUT2D eigenvalue weighted by Gasteiger charge is -2.09. The molecule has 0 aromatic rings. The van der Waals surface area contributed by atoms with Crippen molar-refractivity contribution >= 4 is 11.9 Å². The van der Waals surface area contributed by atoms with E-state index < -0.39 is 6.04 Å². The first-order chi connectivity index (χ1) is 11.7. The molecule has 0 aliphatic carbocycles. The zero-order valence-electron chi connectivity index (χ0n) is 15.4. The van der Waals surface area contributed by atoms with Gasteiger partial charge >= 0.3 is 5.97 Å². The van der Waals surface area contributed by atoms with Crippen LogP contribution in [0.25, 0.3) is 0 Å². The normalized spacial score (nSPS) is 17.4. The second kappa shape index (κ2) is 14.1. The topological polar surface area (TPSA) is 55.4 Å². The van der Waals surface area contributed by atoms with E-state index in [1.807, 2.05) is 0 Å². The number of rotatable bonds is 14. The number of carbonyl (C=O) groups excluding carboxylic acids is 2. The molecule has 24 heavy (non-hydrogen) atoms. The molecule has 0 saturated carbocycles. The van der Waals surface area contributed by atoms with Crippen molar-refractivity contribution in [3.05, 3.63) is 12.2 Å². The van der Waals surface area contributed by atoms with Crippen molar-refractivity contribution in [2.24, 2.45) is 0 Å². The van der Waals surface area contributed by atoms with Crippen molar-refractivity contribution in [3.63, 3.8) is 0 Å². The Morgan fingerprint density at radius 2 is 1.67 bits per heavy atom. The minimum atomic E-state index is -0.411. The lowest BCUT2D eigenvalue weighted by atomic mass is 10.1. The fourth-order valence-corrected chi connectivity index (χ4v) is 2.88. The Bertz CT molecular complexity index is 379. The van der Waals surface area contributed by atoms with Crippen molar-refractivity contribution in [1.29, 1.82) is 0 Å². The Labute approximate surface area is 147 Å². The summed E-state index contributed by atoms with van der Waals surface area (Å²) >= 11 is 0. The summed E-state index contributed by atoms with van der Waals surface area (Å²) in [6, 6.07) is -0.411. The summed E-state index contributed by atoms with van der Waals surface area (Å²) in [7, 11) is 0. The van der Waals surface area contributed by atoms with Crippen LogP contribution < -0.4 is 5.32 Å². The molecule has 1 fully saturated rings. The molecule has 1 N–H and O–H groups in total. The summed E-state index contributed by atoms with van der Waals surface area (Å²) in [6.07, 6.45) is 19.1. The smallest absolute Gasteiger partial charge is 0.328 e. The number of unbranched alkanes of at least 4 members (excludes halogenated alkanes) is 9. The summed E-state index contributed by atoms with van der Waals surface area (Å²) in [6.45, 7) is 2.72. The second-order valence-corrected chi connectivity index (χ2v) is 6.70. The van der Waals surface area contributed by atoms with Crippen LogP contribution in [0.3, 0.4) is 0 Å². The Hall–Kier alpha value is -1.32. The number of ether oxygens (including phenoxy) is 1. The van der Waals surface area contributed by atoms with Crippen LogP contribution in [-0.4, -0.2) is 24.5 Å². The minimum Gasteiger partial charge on any atom is -0.464 e. The average molecular weight is 338 g/mol. The maximum atomic E-state index is 11.7. The van der Waals surface area contributed by atoms with E-state index in [4.69, 9.17) is 4.74 Å². The van der Waals surface area contributed by atoms with Crippen LogP contribution in [0.15, 0.2) is 12.2 Å². The maximum absolute atomic E-state index is 11.7. The molecule has 0 radical (unpaired) electrons. The number of hydrogen-bond donors (Lipinski definition) is 1. The van der Waals surface area contributed by atoms with E-state index in [1.54, 1.807) is 0 Å². The second-order valence-electron chi connectivity index (χ2n) is 6.70. The average Bonchev–Trinajstić information content (AvgIpc) is 3.01. The highest BCUT2D eigenvalue weighted by Crippen LogP contribution is 2.10. The third kappa shape index (κ3) is 10.5. The largest absolute Gasteiger partial charge is 0.464 e. The number of amides is 1. The predicted octanol–water partition coefficient (Wildman–Crippen LogP) is 4.68. The zero-order chi connectivity index (χ0) is 17.5. The highest BCUT2D eigenvalue weighted by atomic mass is 16.5. The zero-order valence-corrected chi connectivity index (χ0v) is 15.4. The van der Waals surface area contributed by atoms with E-state index in [0.717, 1.165) is 12.8 Å². The highest BCUT2D eigenvalue weighted by Gasteiger charge is 2.28. The van der Waals surface area contributed by atoms with Crippen LogP contribution in [0.5, 0.6) is 0 Å². The minimum absolute atomic E-state index is 0.0491. The fourth-order valence-electron chi connectivity index (χ4n) is 2.88. The Balaban J connectivity index is 1.81. The van der Waals surface area contributed by atoms with Crippen LogP contribution >= 0.6 is 0 Å². The monoisotopic (exact) mass is 337 g/mol. The van der Waals surface area contributed by atoms with Crippen LogP contribution in [-0.2, 0) is 14.3 Å². The quantitative estimate of drug-likeness (QED) is 0.284. The lowest BCUT2D eigenvalue weighted by molar-refractivity contribution is -0.146. The fraction of sp³-hybridized carbons (Fsp3) is 0.800. The third-order valence-electron chi connectivity index (χ3n) is 4.43. The molecular weight excluding hydrogens is 302 g/mol. The summed E-state index contributed by atoms with van der Waals surface area (Å²) in [5.41, 5.74) is 0. The van der Waals surface area contributed by atoms with Gasteiger partial charge in [-0.15, -0.1) is 0 Å². The van der Waals surface area contributed by atoms with Crippen molar-refractivity contribution in [1.82, 2.24) is 5.32 Å². The van der Waals surface area contributed by atoms with E-state index in [-0.39, 0.29) is 11.9 Å². The molecular formula is C20H35NO3. The number of hydrogen-bond acceptors (Lipinski definition) is 3. The molecule has 0 aromatic heterocycles. The van der Waals surface area contributed by atoms with Gasteiger partial charge in [-0.25, -0.2) is 4.79 Å². The molecule has 0 unspecified atom stereocenters. The molecule has 1 rings (SSSR count). The van der Waals surface area contributed by atoms with Gasteiger partial charge < -0.3 is 10.1 Å². The lowest BCUT2D eigenvalue weighted by Crippen LogP contribution is -2.34. The van der Waals surface area contributed by atoms with E-state index >= 15 is 0 Å². The van der Waals surface area contributed by atoms with Crippen molar-refractivity contribution in [2.75, 3.05) is 6.61 Å². The Morgan fingerprint density at radius 1 is 1.04 bits per heavy atom. The highest BCUT2D eigenvalue weighted by molar-refractivity contribution is 5.87. The van der Waals surface area contributed by atoms with Crippen LogP contribution in [0.1, 0.15) is 90.4 Å². The first-order valence-corrected chi connectivity index (χ1v) is 9.85. The SMILES string of the molecule is CCCCCC/C=C/CCCCCCCOC(=O)[C@@H]1CCC(=O)N1. The van der Waals surface area contributed by atoms with Gasteiger partial charge in [0.2, 0.25) is 5.91 Å². The van der Waals surface area contributed by atoms with Crippen LogP contribution in [0, 0.1) is 0 Å². The molecule has 1 aliphatic heterocycles. The number of nitrogens with one attached hydrogen (secondary N) is 1. The standard InChI is InChI=1S/C20H35NO3/c1-2-3-4-5-6-7-8-9-10-11-12-13-14-17-24-20(23)18-15-16-19(22)21-18/h7-8,18H,2-6,9-17H2,1H3,(H,21,22)/b8-7+/t18-/m0/s1. The first kappa shape index (κ1) is 20.7. The Kier molecular flexibility index (Phi) is 12.1. The number of allylic oxidation sites excluding steroid dienone is 2. The maximum Gasteiger partial charge on any atom is 0.328 e. The predicted molar refractivity (Wildman–Crippen MR) is 97.7 cm³/mol. The molecule has 1 heterocycles. The molecule has 0 spiro atoms. The summed E-state index contributed by atoms with van der Waals surface area (Å²) in [4.78, 5) is 22.7. The molecule has 0 bridgehead atoms. The summed E-state index contributed by atoms with van der Waals surface area (Å²) < 4.78 is 5.21. The van der Waals surface area contributed by atoms with Gasteiger partial charge in [-0.1, -0.05) is 57.6 Å². The van der Waals surface area contributed by atoms with E-state index in [1.165, 1.54) is 57.8 Å². The molecule has 4 heteroatoms. The van der Waals surface area contributed by atoms with Gasteiger partial charge in [0.15, 0.2) is 0 Å². The van der Waals surface area contributed by atoms with Crippen molar-refractivity contribution < 1.29 is 14.3 Å². The van der Waals surface area contributed by atoms with Crippen LogP contribution in [0.4, 0.5) is 0 Å². The van der Waals surface area contributed by atoms with Gasteiger partial charge in [0, 0.05) is 6.42 Å².